The van der Waals surface area contributed by atoms with Gasteiger partial charge in [0.15, 0.2) is 0 Å². The molecule has 0 bridgehead atoms. The average Bonchev–Trinajstić information content (AvgIpc) is 3.32. The molecular formula is C21H22ClN3O2. The molecule has 1 fully saturated rings. The Kier molecular flexibility index (Phi) is 5.03. The van der Waals surface area contributed by atoms with Gasteiger partial charge in [-0.3, -0.25) is 4.79 Å². The third-order valence-corrected chi connectivity index (χ3v) is 5.56. The van der Waals surface area contributed by atoms with Gasteiger partial charge in [0.2, 0.25) is 5.91 Å². The molecule has 0 atom stereocenters. The minimum absolute atomic E-state index is 0.153. The summed E-state index contributed by atoms with van der Waals surface area (Å²) in [6.07, 6.45) is 5.14. The van der Waals surface area contributed by atoms with Crippen LogP contribution in [-0.4, -0.2) is 18.5 Å². The average molecular weight is 384 g/mol. The van der Waals surface area contributed by atoms with Crippen LogP contribution in [0.15, 0.2) is 42.5 Å². The van der Waals surface area contributed by atoms with Crippen LogP contribution in [-0.2, 0) is 11.2 Å². The van der Waals surface area contributed by atoms with E-state index in [1.54, 1.807) is 24.3 Å². The van der Waals surface area contributed by atoms with E-state index in [1.807, 2.05) is 23.1 Å². The second-order valence-corrected chi connectivity index (χ2v) is 7.59. The van der Waals surface area contributed by atoms with Crippen LogP contribution in [0.3, 0.4) is 0 Å². The van der Waals surface area contributed by atoms with Gasteiger partial charge in [-0.1, -0.05) is 30.5 Å². The van der Waals surface area contributed by atoms with Crippen LogP contribution in [0.1, 0.15) is 31.2 Å². The van der Waals surface area contributed by atoms with Crippen molar-refractivity contribution in [2.75, 3.05) is 22.1 Å². The van der Waals surface area contributed by atoms with Crippen molar-refractivity contribution in [2.45, 2.75) is 32.1 Å². The summed E-state index contributed by atoms with van der Waals surface area (Å²) in [6, 6.07) is 12.4. The maximum absolute atomic E-state index is 12.8. The first-order valence-electron chi connectivity index (χ1n) is 9.38. The smallest absolute Gasteiger partial charge is 0.312 e. The summed E-state index contributed by atoms with van der Waals surface area (Å²) in [5.41, 5.74) is 3.42. The minimum atomic E-state index is -0.330. The Balaban J connectivity index is 1.45. The number of rotatable bonds is 3. The molecule has 6 heteroatoms. The molecule has 4 rings (SSSR count). The van der Waals surface area contributed by atoms with E-state index < -0.39 is 0 Å². The quantitative estimate of drug-likeness (QED) is 0.777. The van der Waals surface area contributed by atoms with Gasteiger partial charge in [-0.15, -0.1) is 0 Å². The third-order valence-electron chi connectivity index (χ3n) is 5.31. The number of hydrogen-bond donors (Lipinski definition) is 2. The first kappa shape index (κ1) is 17.9. The van der Waals surface area contributed by atoms with E-state index in [0.29, 0.717) is 16.4 Å². The van der Waals surface area contributed by atoms with Crippen LogP contribution in [0.4, 0.5) is 21.9 Å². The van der Waals surface area contributed by atoms with Gasteiger partial charge in [-0.25, -0.2) is 4.79 Å². The number of fused-ring (bicyclic) bond motifs is 1. The zero-order chi connectivity index (χ0) is 18.8. The molecule has 3 amide bonds. The minimum Gasteiger partial charge on any atom is -0.312 e. The van der Waals surface area contributed by atoms with E-state index in [2.05, 4.69) is 10.6 Å². The molecule has 0 radical (unpaired) electrons. The Morgan fingerprint density at radius 1 is 0.963 bits per heavy atom. The van der Waals surface area contributed by atoms with Crippen molar-refractivity contribution < 1.29 is 9.59 Å². The van der Waals surface area contributed by atoms with Gasteiger partial charge in [0.25, 0.3) is 0 Å². The van der Waals surface area contributed by atoms with Gasteiger partial charge < -0.3 is 15.5 Å². The molecule has 1 aliphatic carbocycles. The van der Waals surface area contributed by atoms with Gasteiger partial charge in [-0.05, 0) is 61.2 Å². The molecule has 2 aliphatic rings. The first-order chi connectivity index (χ1) is 13.1. The molecule has 1 saturated carbocycles. The fourth-order valence-corrected chi connectivity index (χ4v) is 4.03. The van der Waals surface area contributed by atoms with E-state index >= 15 is 0 Å². The number of nitrogens with zero attached hydrogens (tertiary/aromatic N) is 1. The standard InChI is InChI=1S/C21H22ClN3O2/c22-16-6-9-17(10-7-16)23-21(27)24-18-8-5-14-11-12-25(19(14)13-18)20(26)15-3-1-2-4-15/h5-10,13,15H,1-4,11-12H2,(H2,23,24,27). The molecule has 0 saturated heterocycles. The predicted octanol–water partition coefficient (Wildman–Crippen LogP) is 5.06. The van der Waals surface area contributed by atoms with Crippen LogP contribution in [0.5, 0.6) is 0 Å². The predicted molar refractivity (Wildman–Crippen MR) is 109 cm³/mol. The van der Waals surface area contributed by atoms with E-state index in [4.69, 9.17) is 11.6 Å². The van der Waals surface area contributed by atoms with Gasteiger partial charge in [-0.2, -0.15) is 0 Å². The van der Waals surface area contributed by atoms with Gasteiger partial charge in [0.1, 0.15) is 0 Å². The molecule has 0 aromatic heterocycles. The van der Waals surface area contributed by atoms with Crippen molar-refractivity contribution in [1.29, 1.82) is 0 Å². The molecule has 1 heterocycles. The molecule has 1 aliphatic heterocycles. The fourth-order valence-electron chi connectivity index (χ4n) is 3.91. The number of carbonyl (C=O) groups is 2. The summed E-state index contributed by atoms with van der Waals surface area (Å²) in [5, 5.41) is 6.23. The molecule has 5 nitrogen and oxygen atoms in total. The Morgan fingerprint density at radius 3 is 2.37 bits per heavy atom. The summed E-state index contributed by atoms with van der Waals surface area (Å²) in [5.74, 6) is 0.384. The number of benzene rings is 2. The third kappa shape index (κ3) is 3.93. The van der Waals surface area contributed by atoms with Crippen LogP contribution >= 0.6 is 11.6 Å². The van der Waals surface area contributed by atoms with Crippen molar-refractivity contribution in [1.82, 2.24) is 0 Å². The van der Waals surface area contributed by atoms with Crippen LogP contribution in [0.25, 0.3) is 0 Å². The summed E-state index contributed by atoms with van der Waals surface area (Å²) < 4.78 is 0. The Hall–Kier alpha value is -2.53. The van der Waals surface area contributed by atoms with Crippen molar-refractivity contribution in [3.05, 3.63) is 53.1 Å². The number of halogens is 1. The van der Waals surface area contributed by atoms with Crippen molar-refractivity contribution >= 4 is 40.6 Å². The maximum atomic E-state index is 12.8. The van der Waals surface area contributed by atoms with E-state index in [0.717, 1.165) is 49.9 Å². The maximum Gasteiger partial charge on any atom is 0.323 e. The van der Waals surface area contributed by atoms with Gasteiger partial charge in [0, 0.05) is 34.5 Å². The molecule has 2 aromatic carbocycles. The molecule has 140 valence electrons. The number of amides is 3. The number of hydrogen-bond acceptors (Lipinski definition) is 2. The second-order valence-electron chi connectivity index (χ2n) is 7.15. The fraction of sp³-hybridized carbons (Fsp3) is 0.333. The SMILES string of the molecule is O=C(Nc1ccc(Cl)cc1)Nc1ccc2c(c1)N(C(=O)C1CCCC1)CC2. The number of anilines is 3. The van der Waals surface area contributed by atoms with E-state index in [9.17, 15) is 9.59 Å². The number of urea groups is 1. The van der Waals surface area contributed by atoms with Crippen molar-refractivity contribution in [2.24, 2.45) is 5.92 Å². The summed E-state index contributed by atoms with van der Waals surface area (Å²) in [6.45, 7) is 0.727. The zero-order valence-corrected chi connectivity index (χ0v) is 15.8. The largest absolute Gasteiger partial charge is 0.323 e. The first-order valence-corrected chi connectivity index (χ1v) is 9.76. The normalized spacial score (nSPS) is 16.3. The van der Waals surface area contributed by atoms with Gasteiger partial charge >= 0.3 is 6.03 Å². The summed E-state index contributed by atoms with van der Waals surface area (Å²) >= 11 is 5.86. The lowest BCUT2D eigenvalue weighted by Gasteiger charge is -2.21. The van der Waals surface area contributed by atoms with Crippen molar-refractivity contribution in [3.8, 4) is 0 Å². The highest BCUT2D eigenvalue weighted by molar-refractivity contribution is 6.30. The van der Waals surface area contributed by atoms with Gasteiger partial charge in [0.05, 0.1) is 0 Å². The molecule has 0 spiro atoms. The Bertz CT molecular complexity index is 860. The van der Waals surface area contributed by atoms with Crippen LogP contribution < -0.4 is 15.5 Å². The van der Waals surface area contributed by atoms with Crippen molar-refractivity contribution in [3.63, 3.8) is 0 Å². The highest BCUT2D eigenvalue weighted by atomic mass is 35.5. The molecule has 2 aromatic rings. The number of carbonyl (C=O) groups excluding carboxylic acids is 2. The van der Waals surface area contributed by atoms with E-state index in [-0.39, 0.29) is 17.9 Å². The Labute approximate surface area is 163 Å². The lowest BCUT2D eigenvalue weighted by atomic mass is 10.1. The lowest BCUT2D eigenvalue weighted by molar-refractivity contribution is -0.122. The van der Waals surface area contributed by atoms with Crippen LogP contribution in [0, 0.1) is 5.92 Å². The van der Waals surface area contributed by atoms with Crippen LogP contribution in [0.2, 0.25) is 5.02 Å². The second kappa shape index (κ2) is 7.61. The molecule has 0 unspecified atom stereocenters. The topological polar surface area (TPSA) is 61.4 Å². The Morgan fingerprint density at radius 2 is 1.63 bits per heavy atom. The lowest BCUT2D eigenvalue weighted by Crippen LogP contribution is -2.33. The van der Waals surface area contributed by atoms with E-state index in [1.165, 1.54) is 0 Å². The molecule has 27 heavy (non-hydrogen) atoms. The zero-order valence-electron chi connectivity index (χ0n) is 15.0. The molecular weight excluding hydrogens is 362 g/mol. The highest BCUT2D eigenvalue weighted by Gasteiger charge is 2.31. The summed E-state index contributed by atoms with van der Waals surface area (Å²) in [4.78, 5) is 27.0. The summed E-state index contributed by atoms with van der Waals surface area (Å²) in [7, 11) is 0. The molecule has 2 N–H and O–H groups in total. The highest BCUT2D eigenvalue weighted by Crippen LogP contribution is 2.35. The number of nitrogens with one attached hydrogen (secondary N) is 2. The monoisotopic (exact) mass is 383 g/mol.